The van der Waals surface area contributed by atoms with E-state index in [2.05, 4.69) is 25.2 Å². The van der Waals surface area contributed by atoms with Crippen LogP contribution in [0.25, 0.3) is 0 Å². The monoisotopic (exact) mass is 472 g/mol. The van der Waals surface area contributed by atoms with E-state index in [-0.39, 0.29) is 35.5 Å². The second-order valence-corrected chi connectivity index (χ2v) is 10.4. The molecule has 0 aromatic heterocycles. The third-order valence-electron chi connectivity index (χ3n) is 7.58. The van der Waals surface area contributed by atoms with Gasteiger partial charge >= 0.3 is 0 Å². The maximum absolute atomic E-state index is 12.9. The Morgan fingerprint density at radius 1 is 1.24 bits per heavy atom. The van der Waals surface area contributed by atoms with Crippen LogP contribution in [0, 0.1) is 11.8 Å². The number of benzene rings is 1. The minimum Gasteiger partial charge on any atom is -0.490 e. The van der Waals surface area contributed by atoms with Crippen LogP contribution in [0.3, 0.4) is 0 Å². The largest absolute Gasteiger partial charge is 0.490 e. The molecule has 3 aliphatic rings. The van der Waals surface area contributed by atoms with Crippen LogP contribution in [-0.2, 0) is 14.3 Å². The van der Waals surface area contributed by atoms with Crippen LogP contribution >= 0.6 is 0 Å². The number of carbonyl (C=O) groups excluding carboxylic acids is 2. The summed E-state index contributed by atoms with van der Waals surface area (Å²) < 4.78 is 19.1. The lowest BCUT2D eigenvalue weighted by atomic mass is 9.70. The van der Waals surface area contributed by atoms with Gasteiger partial charge in [-0.3, -0.25) is 9.59 Å². The molecule has 0 saturated carbocycles. The smallest absolute Gasteiger partial charge is 0.222 e. The van der Waals surface area contributed by atoms with Crippen molar-refractivity contribution in [2.75, 3.05) is 26.2 Å². The molecule has 7 heteroatoms. The molecular weight excluding hydrogens is 432 g/mol. The minimum absolute atomic E-state index is 0.000604. The Hall–Kier alpha value is -2.28. The predicted octanol–water partition coefficient (Wildman–Crippen LogP) is 4.25. The molecule has 3 heterocycles. The fraction of sp³-hybridized carbons (Fsp3) is 0.704. The number of nitrogens with one attached hydrogen (secondary N) is 1. The van der Waals surface area contributed by atoms with E-state index in [0.717, 1.165) is 62.3 Å². The average molecular weight is 473 g/mol. The lowest BCUT2D eigenvalue weighted by Gasteiger charge is -2.53. The molecule has 0 aliphatic carbocycles. The highest BCUT2D eigenvalue weighted by atomic mass is 16.5. The van der Waals surface area contributed by atoms with Crippen LogP contribution in [-0.4, -0.2) is 54.7 Å². The highest BCUT2D eigenvalue weighted by molar-refractivity contribution is 5.76. The van der Waals surface area contributed by atoms with Crippen LogP contribution in [0.15, 0.2) is 18.2 Å². The number of hydrogen-bond acceptors (Lipinski definition) is 5. The quantitative estimate of drug-likeness (QED) is 0.573. The number of para-hydroxylation sites is 1. The molecule has 1 aromatic carbocycles. The molecule has 2 saturated heterocycles. The Kier molecular flexibility index (Phi) is 7.70. The Morgan fingerprint density at radius 3 is 2.82 bits per heavy atom. The molecular formula is C27H40N2O5. The first-order chi connectivity index (χ1) is 16.3. The lowest BCUT2D eigenvalue weighted by molar-refractivity contribution is -0.189. The molecule has 3 aliphatic heterocycles. The SMILES string of the molecule is CCOc1cccc2c1OC(C)(C)[C@H]1C[C@H]3CN(C(=O)CCCCCNC(C)=O)CC[C@@H]3O[C@H]21. The van der Waals surface area contributed by atoms with Gasteiger partial charge in [-0.25, -0.2) is 0 Å². The number of unbranched alkanes of at least 4 members (excludes halogenated alkanes) is 2. The van der Waals surface area contributed by atoms with Gasteiger partial charge in [0, 0.05) is 50.4 Å². The summed E-state index contributed by atoms with van der Waals surface area (Å²) in [6.07, 6.45) is 5.33. The Morgan fingerprint density at radius 2 is 2.06 bits per heavy atom. The minimum atomic E-state index is -0.379. The van der Waals surface area contributed by atoms with E-state index < -0.39 is 0 Å². The van der Waals surface area contributed by atoms with Crippen LogP contribution < -0.4 is 14.8 Å². The highest BCUT2D eigenvalue weighted by Gasteiger charge is 2.52. The predicted molar refractivity (Wildman–Crippen MR) is 130 cm³/mol. The van der Waals surface area contributed by atoms with Gasteiger partial charge in [-0.05, 0) is 52.5 Å². The standard InChI is InChI=1S/C27H40N2O5/c1-5-32-23-11-9-10-20-25-21(27(3,4)34-26(20)23)16-19-17-29(15-13-22(19)33-25)24(31)12-7-6-8-14-28-18(2)30/h9-11,19,21-22,25H,5-8,12-17H2,1-4H3,(H,28,30)/t19-,21-,22-,25+/m0/s1. The summed E-state index contributed by atoms with van der Waals surface area (Å²) in [7, 11) is 0. The summed E-state index contributed by atoms with van der Waals surface area (Å²) >= 11 is 0. The summed E-state index contributed by atoms with van der Waals surface area (Å²) in [6, 6.07) is 6.10. The average Bonchev–Trinajstić information content (AvgIpc) is 2.80. The van der Waals surface area contributed by atoms with E-state index in [1.807, 2.05) is 24.0 Å². The Bertz CT molecular complexity index is 886. The molecule has 1 aromatic rings. The summed E-state index contributed by atoms with van der Waals surface area (Å²) in [4.78, 5) is 25.8. The molecule has 0 radical (unpaired) electrons. The zero-order valence-electron chi connectivity index (χ0n) is 21.1. The second-order valence-electron chi connectivity index (χ2n) is 10.4. The van der Waals surface area contributed by atoms with E-state index in [4.69, 9.17) is 14.2 Å². The van der Waals surface area contributed by atoms with Crippen molar-refractivity contribution >= 4 is 11.8 Å². The van der Waals surface area contributed by atoms with Crippen molar-refractivity contribution in [2.45, 2.75) is 84.0 Å². The highest BCUT2D eigenvalue weighted by Crippen LogP contribution is 2.55. The molecule has 34 heavy (non-hydrogen) atoms. The zero-order chi connectivity index (χ0) is 24.3. The molecule has 1 N–H and O–H groups in total. The van der Waals surface area contributed by atoms with Crippen molar-refractivity contribution in [1.82, 2.24) is 10.2 Å². The van der Waals surface area contributed by atoms with E-state index in [9.17, 15) is 9.59 Å². The topological polar surface area (TPSA) is 77.1 Å². The van der Waals surface area contributed by atoms with E-state index in [0.29, 0.717) is 25.5 Å². The van der Waals surface area contributed by atoms with Gasteiger partial charge in [0.1, 0.15) is 5.60 Å². The zero-order valence-corrected chi connectivity index (χ0v) is 21.1. The number of carbonyl (C=O) groups is 2. The van der Waals surface area contributed by atoms with E-state index in [1.165, 1.54) is 6.92 Å². The third kappa shape index (κ3) is 5.35. The van der Waals surface area contributed by atoms with Crippen LogP contribution in [0.1, 0.15) is 77.9 Å². The number of likely N-dealkylation sites (tertiary alicyclic amines) is 1. The molecule has 0 spiro atoms. The summed E-state index contributed by atoms with van der Waals surface area (Å²) in [6.45, 7) is 10.6. The molecule has 4 rings (SSSR count). The number of nitrogens with zero attached hydrogens (tertiary/aromatic N) is 1. The summed E-state index contributed by atoms with van der Waals surface area (Å²) in [5.74, 6) is 2.40. The molecule has 0 unspecified atom stereocenters. The van der Waals surface area contributed by atoms with E-state index in [1.54, 1.807) is 0 Å². The number of amides is 2. The first-order valence-corrected chi connectivity index (χ1v) is 12.9. The number of hydrogen-bond donors (Lipinski definition) is 1. The van der Waals surface area contributed by atoms with Gasteiger partial charge in [0.05, 0.1) is 18.8 Å². The molecule has 7 nitrogen and oxygen atoms in total. The van der Waals surface area contributed by atoms with Crippen molar-refractivity contribution in [2.24, 2.45) is 11.8 Å². The van der Waals surface area contributed by atoms with Gasteiger partial charge < -0.3 is 24.4 Å². The van der Waals surface area contributed by atoms with E-state index >= 15 is 0 Å². The van der Waals surface area contributed by atoms with Gasteiger partial charge in [0.25, 0.3) is 0 Å². The van der Waals surface area contributed by atoms with Gasteiger partial charge in [0.15, 0.2) is 11.5 Å². The molecule has 0 bridgehead atoms. The molecule has 2 fully saturated rings. The van der Waals surface area contributed by atoms with Crippen molar-refractivity contribution in [3.05, 3.63) is 23.8 Å². The van der Waals surface area contributed by atoms with Crippen LogP contribution in [0.4, 0.5) is 0 Å². The van der Waals surface area contributed by atoms with Crippen LogP contribution in [0.5, 0.6) is 11.5 Å². The van der Waals surface area contributed by atoms with Crippen LogP contribution in [0.2, 0.25) is 0 Å². The fourth-order valence-corrected chi connectivity index (χ4v) is 5.79. The number of rotatable bonds is 8. The second kappa shape index (κ2) is 10.5. The Labute approximate surface area is 203 Å². The maximum Gasteiger partial charge on any atom is 0.222 e. The van der Waals surface area contributed by atoms with Gasteiger partial charge in [-0.1, -0.05) is 18.6 Å². The maximum atomic E-state index is 12.9. The number of ether oxygens (including phenoxy) is 3. The van der Waals surface area contributed by atoms with Gasteiger partial charge in [-0.2, -0.15) is 0 Å². The third-order valence-corrected chi connectivity index (χ3v) is 7.58. The van der Waals surface area contributed by atoms with Gasteiger partial charge in [-0.15, -0.1) is 0 Å². The van der Waals surface area contributed by atoms with Gasteiger partial charge in [0.2, 0.25) is 11.8 Å². The van der Waals surface area contributed by atoms with Crippen molar-refractivity contribution in [1.29, 1.82) is 0 Å². The lowest BCUT2D eigenvalue weighted by Crippen LogP contribution is -2.56. The Balaban J connectivity index is 1.36. The molecule has 2 amide bonds. The molecule has 188 valence electrons. The normalized spacial score (nSPS) is 27.0. The van der Waals surface area contributed by atoms with Crippen molar-refractivity contribution < 1.29 is 23.8 Å². The summed E-state index contributed by atoms with van der Waals surface area (Å²) in [5, 5.41) is 2.81. The molecule has 4 atom stereocenters. The fourth-order valence-electron chi connectivity index (χ4n) is 5.79. The first-order valence-electron chi connectivity index (χ1n) is 12.9. The number of piperidine rings is 1. The van der Waals surface area contributed by atoms with Crippen molar-refractivity contribution in [3.63, 3.8) is 0 Å². The number of fused-ring (bicyclic) bond motifs is 4. The van der Waals surface area contributed by atoms with Crippen molar-refractivity contribution in [3.8, 4) is 11.5 Å². The first kappa shape index (κ1) is 24.8. The summed E-state index contributed by atoms with van der Waals surface area (Å²) in [5.41, 5.74) is 0.710.